The monoisotopic (exact) mass is 299 g/mol. The maximum atomic E-state index is 12.6. The number of nitrogens with one attached hydrogen (secondary N) is 1. The molecule has 0 aliphatic heterocycles. The number of ether oxygens (including phenoxy) is 1. The molecular weight excluding hydrogens is 290 g/mol. The Bertz CT molecular complexity index is 433. The fourth-order valence-corrected chi connectivity index (χ4v) is 2.21. The molecule has 100 valence electrons. The zero-order chi connectivity index (χ0) is 13.3. The SMILES string of the molecule is FC(F)(F)c1cccc(O[C@H]2C[C@H](NCl)C2)c1Cl. The number of rotatable bonds is 3. The minimum atomic E-state index is -4.48. The summed E-state index contributed by atoms with van der Waals surface area (Å²) in [5.41, 5.74) is -0.881. The lowest BCUT2D eigenvalue weighted by Crippen LogP contribution is -2.43. The Morgan fingerprint density at radius 2 is 1.94 bits per heavy atom. The number of benzene rings is 1. The van der Waals surface area contributed by atoms with Crippen LogP contribution in [0, 0.1) is 0 Å². The summed E-state index contributed by atoms with van der Waals surface area (Å²) in [5, 5.41) is -0.396. The van der Waals surface area contributed by atoms with Crippen molar-refractivity contribution in [2.75, 3.05) is 0 Å². The van der Waals surface area contributed by atoms with Gasteiger partial charge in [0, 0.05) is 18.9 Å². The predicted molar refractivity (Wildman–Crippen MR) is 62.9 cm³/mol. The quantitative estimate of drug-likeness (QED) is 0.852. The van der Waals surface area contributed by atoms with Crippen LogP contribution in [0.2, 0.25) is 5.02 Å². The van der Waals surface area contributed by atoms with Crippen LogP contribution in [0.1, 0.15) is 18.4 Å². The molecule has 1 fully saturated rings. The van der Waals surface area contributed by atoms with Crippen LogP contribution in [0.25, 0.3) is 0 Å². The summed E-state index contributed by atoms with van der Waals surface area (Å²) in [6.45, 7) is 0. The van der Waals surface area contributed by atoms with Crippen molar-refractivity contribution < 1.29 is 17.9 Å². The van der Waals surface area contributed by atoms with Gasteiger partial charge in [-0.2, -0.15) is 13.2 Å². The average Bonchev–Trinajstić information content (AvgIpc) is 2.23. The van der Waals surface area contributed by atoms with E-state index < -0.39 is 16.8 Å². The lowest BCUT2D eigenvalue weighted by molar-refractivity contribution is -0.137. The fourth-order valence-electron chi connectivity index (χ4n) is 1.75. The van der Waals surface area contributed by atoms with Crippen LogP contribution in [0.3, 0.4) is 0 Å². The molecule has 2 nitrogen and oxygen atoms in total. The Morgan fingerprint density at radius 1 is 1.28 bits per heavy atom. The molecule has 0 aromatic heterocycles. The topological polar surface area (TPSA) is 21.3 Å². The van der Waals surface area contributed by atoms with Crippen molar-refractivity contribution in [3.63, 3.8) is 0 Å². The highest BCUT2D eigenvalue weighted by Crippen LogP contribution is 2.40. The molecule has 7 heteroatoms. The minimum absolute atomic E-state index is 0.0597. The highest BCUT2D eigenvalue weighted by atomic mass is 35.5. The van der Waals surface area contributed by atoms with Gasteiger partial charge in [0.25, 0.3) is 0 Å². The van der Waals surface area contributed by atoms with E-state index in [0.29, 0.717) is 12.8 Å². The summed E-state index contributed by atoms with van der Waals surface area (Å²) in [5.74, 6) is 0.0597. The lowest BCUT2D eigenvalue weighted by Gasteiger charge is -2.34. The second-order valence-electron chi connectivity index (χ2n) is 4.13. The van der Waals surface area contributed by atoms with E-state index in [1.807, 2.05) is 0 Å². The minimum Gasteiger partial charge on any atom is -0.489 e. The van der Waals surface area contributed by atoms with Crippen LogP contribution in [-0.2, 0) is 6.18 Å². The number of halogens is 5. The summed E-state index contributed by atoms with van der Waals surface area (Å²) in [4.78, 5) is 2.55. The molecule has 1 aromatic carbocycles. The molecule has 0 atom stereocenters. The van der Waals surface area contributed by atoms with Crippen LogP contribution >= 0.6 is 23.4 Å². The van der Waals surface area contributed by atoms with Gasteiger partial charge in [0.15, 0.2) is 0 Å². The maximum Gasteiger partial charge on any atom is 0.417 e. The summed E-state index contributed by atoms with van der Waals surface area (Å²) < 4.78 is 43.3. The van der Waals surface area contributed by atoms with Gasteiger partial charge < -0.3 is 4.74 Å². The van der Waals surface area contributed by atoms with Gasteiger partial charge in [0.2, 0.25) is 0 Å². The fraction of sp³-hybridized carbons (Fsp3) is 0.455. The lowest BCUT2D eigenvalue weighted by atomic mass is 9.90. The first kappa shape index (κ1) is 13.8. The van der Waals surface area contributed by atoms with Crippen LogP contribution < -0.4 is 9.57 Å². The van der Waals surface area contributed by atoms with Gasteiger partial charge in [-0.25, -0.2) is 4.84 Å². The van der Waals surface area contributed by atoms with E-state index in [2.05, 4.69) is 4.84 Å². The summed E-state index contributed by atoms with van der Waals surface area (Å²) in [6, 6.07) is 3.78. The maximum absolute atomic E-state index is 12.6. The molecule has 1 aromatic rings. The number of hydrogen-bond donors (Lipinski definition) is 1. The molecule has 1 aliphatic carbocycles. The summed E-state index contributed by atoms with van der Waals surface area (Å²) in [7, 11) is 0. The van der Waals surface area contributed by atoms with Crippen LogP contribution in [0.5, 0.6) is 5.75 Å². The predicted octanol–water partition coefficient (Wildman–Crippen LogP) is 4.01. The molecule has 1 saturated carbocycles. The van der Waals surface area contributed by atoms with E-state index in [0.717, 1.165) is 6.07 Å². The van der Waals surface area contributed by atoms with Gasteiger partial charge in [-0.3, -0.25) is 0 Å². The van der Waals surface area contributed by atoms with E-state index in [1.54, 1.807) is 0 Å². The van der Waals surface area contributed by atoms with Crippen molar-refractivity contribution in [3.8, 4) is 5.75 Å². The Morgan fingerprint density at radius 3 is 2.50 bits per heavy atom. The van der Waals surface area contributed by atoms with Crippen LogP contribution in [-0.4, -0.2) is 12.1 Å². The zero-order valence-corrected chi connectivity index (χ0v) is 10.6. The molecule has 0 heterocycles. The van der Waals surface area contributed by atoms with E-state index in [9.17, 15) is 13.2 Å². The molecule has 0 spiro atoms. The Kier molecular flexibility index (Phi) is 3.94. The Labute approximate surface area is 112 Å². The van der Waals surface area contributed by atoms with Crippen molar-refractivity contribution in [2.45, 2.75) is 31.2 Å². The van der Waals surface area contributed by atoms with Gasteiger partial charge in [0.05, 0.1) is 10.6 Å². The van der Waals surface area contributed by atoms with Crippen LogP contribution in [0.15, 0.2) is 18.2 Å². The molecule has 18 heavy (non-hydrogen) atoms. The molecule has 1 N–H and O–H groups in total. The zero-order valence-electron chi connectivity index (χ0n) is 9.10. The largest absolute Gasteiger partial charge is 0.489 e. The van der Waals surface area contributed by atoms with E-state index in [-0.39, 0.29) is 17.9 Å². The molecule has 0 unspecified atom stereocenters. The standard InChI is InChI=1S/C11H10Cl2F3NO/c12-10-8(11(14,15)16)2-1-3-9(10)18-7-4-6(5-7)17-13/h1-3,6-7,17H,4-5H2/t6-,7-. The first-order valence-electron chi connectivity index (χ1n) is 5.30. The van der Waals surface area contributed by atoms with E-state index >= 15 is 0 Å². The van der Waals surface area contributed by atoms with Crippen molar-refractivity contribution in [3.05, 3.63) is 28.8 Å². The average molecular weight is 300 g/mol. The number of hydrogen-bond acceptors (Lipinski definition) is 2. The second-order valence-corrected chi connectivity index (χ2v) is 4.73. The third kappa shape index (κ3) is 2.84. The third-order valence-corrected chi connectivity index (χ3v) is 3.51. The van der Waals surface area contributed by atoms with Crippen molar-refractivity contribution in [1.29, 1.82) is 0 Å². The highest BCUT2D eigenvalue weighted by molar-refractivity contribution is 6.32. The molecule has 0 saturated heterocycles. The van der Waals surface area contributed by atoms with Gasteiger partial charge in [0.1, 0.15) is 11.9 Å². The summed E-state index contributed by atoms with van der Waals surface area (Å²) in [6.07, 6.45) is -3.33. The first-order chi connectivity index (χ1) is 8.41. The molecule has 0 amide bonds. The van der Waals surface area contributed by atoms with Crippen molar-refractivity contribution >= 4 is 23.4 Å². The van der Waals surface area contributed by atoms with Gasteiger partial charge in [-0.1, -0.05) is 17.7 Å². The third-order valence-electron chi connectivity index (χ3n) is 2.81. The smallest absolute Gasteiger partial charge is 0.417 e. The number of alkyl halides is 3. The van der Waals surface area contributed by atoms with Crippen molar-refractivity contribution in [2.24, 2.45) is 0 Å². The van der Waals surface area contributed by atoms with Crippen LogP contribution in [0.4, 0.5) is 13.2 Å². The van der Waals surface area contributed by atoms with E-state index in [4.69, 9.17) is 28.1 Å². The van der Waals surface area contributed by atoms with Gasteiger partial charge in [-0.05, 0) is 23.9 Å². The Balaban J connectivity index is 2.10. The molecule has 0 bridgehead atoms. The first-order valence-corrected chi connectivity index (χ1v) is 6.06. The molecular formula is C11H10Cl2F3NO. The molecule has 2 rings (SSSR count). The van der Waals surface area contributed by atoms with Gasteiger partial charge in [-0.15, -0.1) is 0 Å². The second kappa shape index (κ2) is 5.15. The Hall–Kier alpha value is -0.650. The highest BCUT2D eigenvalue weighted by Gasteiger charge is 2.36. The molecule has 0 radical (unpaired) electrons. The van der Waals surface area contributed by atoms with E-state index in [1.165, 1.54) is 12.1 Å². The van der Waals surface area contributed by atoms with Crippen molar-refractivity contribution in [1.82, 2.24) is 4.84 Å². The van der Waals surface area contributed by atoms with Gasteiger partial charge >= 0.3 is 6.18 Å². The normalized spacial score (nSPS) is 23.6. The molecule has 1 aliphatic rings. The summed E-state index contributed by atoms with van der Waals surface area (Å²) >= 11 is 11.1.